The number of hydrogen-bond acceptors (Lipinski definition) is 4. The summed E-state index contributed by atoms with van der Waals surface area (Å²) in [5.74, 6) is -2.36. The van der Waals surface area contributed by atoms with E-state index in [1.165, 1.54) is 24.4 Å². The van der Waals surface area contributed by atoms with Crippen LogP contribution in [0.1, 0.15) is 26.7 Å². The molecule has 2 N–H and O–H groups in total. The van der Waals surface area contributed by atoms with Gasteiger partial charge in [-0.15, -0.1) is 0 Å². The van der Waals surface area contributed by atoms with E-state index in [2.05, 4.69) is 10.3 Å². The van der Waals surface area contributed by atoms with Crippen molar-refractivity contribution in [1.82, 2.24) is 10.3 Å². The molecule has 0 saturated heterocycles. The standard InChI is InChI=1S/C12H9FN2O4/c13-10-5-7(3-4-14-10)11(16)15-6-8-1-2-9(19-8)12(17)18/h1-5H,6H2,(H,15,16)(H,17,18). The second kappa shape index (κ2) is 5.30. The number of halogens is 1. The lowest BCUT2D eigenvalue weighted by Gasteiger charge is -2.02. The highest BCUT2D eigenvalue weighted by atomic mass is 19.1. The molecule has 6 nitrogen and oxygen atoms in total. The molecule has 0 aromatic carbocycles. The summed E-state index contributed by atoms with van der Waals surface area (Å²) in [7, 11) is 0. The number of aromatic nitrogens is 1. The Hall–Kier alpha value is -2.70. The number of rotatable bonds is 4. The van der Waals surface area contributed by atoms with Gasteiger partial charge in [-0.2, -0.15) is 4.39 Å². The summed E-state index contributed by atoms with van der Waals surface area (Å²) in [6.45, 7) is 0.00998. The molecular weight excluding hydrogens is 255 g/mol. The number of carboxylic acid groups (broad SMARTS) is 1. The molecular formula is C12H9FN2O4. The third-order valence-corrected chi connectivity index (χ3v) is 2.28. The molecule has 2 heterocycles. The van der Waals surface area contributed by atoms with E-state index in [1.54, 1.807) is 0 Å². The van der Waals surface area contributed by atoms with Crippen LogP contribution in [-0.4, -0.2) is 22.0 Å². The van der Waals surface area contributed by atoms with Gasteiger partial charge in [0.15, 0.2) is 0 Å². The average molecular weight is 264 g/mol. The first-order chi connectivity index (χ1) is 9.06. The molecule has 19 heavy (non-hydrogen) atoms. The molecule has 0 unspecified atom stereocenters. The van der Waals surface area contributed by atoms with E-state index >= 15 is 0 Å². The SMILES string of the molecule is O=C(NCc1ccc(C(=O)O)o1)c1ccnc(F)c1. The molecule has 0 atom stereocenters. The van der Waals surface area contributed by atoms with Crippen molar-refractivity contribution in [2.45, 2.75) is 6.54 Å². The Morgan fingerprint density at radius 3 is 2.79 bits per heavy atom. The van der Waals surface area contributed by atoms with E-state index < -0.39 is 17.8 Å². The third-order valence-electron chi connectivity index (χ3n) is 2.28. The van der Waals surface area contributed by atoms with E-state index in [-0.39, 0.29) is 17.9 Å². The zero-order valence-electron chi connectivity index (χ0n) is 9.59. The number of pyridine rings is 1. The Labute approximate surface area is 106 Å². The predicted octanol–water partition coefficient (Wildman–Crippen LogP) is 1.44. The zero-order chi connectivity index (χ0) is 13.8. The molecule has 0 radical (unpaired) electrons. The fourth-order valence-electron chi connectivity index (χ4n) is 1.40. The van der Waals surface area contributed by atoms with Gasteiger partial charge in [0.25, 0.3) is 5.91 Å². The van der Waals surface area contributed by atoms with E-state index in [0.29, 0.717) is 5.76 Å². The van der Waals surface area contributed by atoms with Crippen molar-refractivity contribution in [3.63, 3.8) is 0 Å². The quantitative estimate of drug-likeness (QED) is 0.815. The van der Waals surface area contributed by atoms with Crippen LogP contribution in [0, 0.1) is 5.95 Å². The summed E-state index contributed by atoms with van der Waals surface area (Å²) in [4.78, 5) is 25.6. The van der Waals surface area contributed by atoms with Crippen molar-refractivity contribution in [3.05, 3.63) is 53.5 Å². The van der Waals surface area contributed by atoms with Crippen LogP contribution in [0.2, 0.25) is 0 Å². The van der Waals surface area contributed by atoms with Crippen LogP contribution < -0.4 is 5.32 Å². The summed E-state index contributed by atoms with van der Waals surface area (Å²) in [5, 5.41) is 11.1. The number of hydrogen-bond donors (Lipinski definition) is 2. The van der Waals surface area contributed by atoms with Crippen LogP contribution in [0.4, 0.5) is 4.39 Å². The summed E-state index contributed by atoms with van der Waals surface area (Å²) in [5.41, 5.74) is 0.123. The second-order valence-electron chi connectivity index (χ2n) is 3.62. The number of amides is 1. The minimum Gasteiger partial charge on any atom is -0.475 e. The highest BCUT2D eigenvalue weighted by molar-refractivity contribution is 5.93. The van der Waals surface area contributed by atoms with Gasteiger partial charge < -0.3 is 14.8 Å². The largest absolute Gasteiger partial charge is 0.475 e. The first-order valence-electron chi connectivity index (χ1n) is 5.28. The maximum atomic E-state index is 12.8. The van der Waals surface area contributed by atoms with E-state index in [9.17, 15) is 14.0 Å². The molecule has 2 aromatic rings. The van der Waals surface area contributed by atoms with Gasteiger partial charge in [0.2, 0.25) is 11.7 Å². The highest BCUT2D eigenvalue weighted by Gasteiger charge is 2.11. The van der Waals surface area contributed by atoms with Gasteiger partial charge >= 0.3 is 5.97 Å². The van der Waals surface area contributed by atoms with E-state index in [0.717, 1.165) is 6.07 Å². The topological polar surface area (TPSA) is 92.4 Å². The molecule has 2 rings (SSSR count). The van der Waals surface area contributed by atoms with Gasteiger partial charge in [0, 0.05) is 17.8 Å². The molecule has 0 saturated carbocycles. The summed E-state index contributed by atoms with van der Waals surface area (Å²) in [6, 6.07) is 5.09. The van der Waals surface area contributed by atoms with E-state index in [4.69, 9.17) is 9.52 Å². The minimum atomic E-state index is -1.19. The maximum absolute atomic E-state index is 12.8. The van der Waals surface area contributed by atoms with Gasteiger partial charge in [-0.1, -0.05) is 0 Å². The summed E-state index contributed by atoms with van der Waals surface area (Å²) >= 11 is 0. The summed E-state index contributed by atoms with van der Waals surface area (Å²) < 4.78 is 17.8. The fraction of sp³-hybridized carbons (Fsp3) is 0.0833. The second-order valence-corrected chi connectivity index (χ2v) is 3.62. The number of carboxylic acids is 1. The Balaban J connectivity index is 1.98. The van der Waals surface area contributed by atoms with Crippen LogP contribution in [0.15, 0.2) is 34.9 Å². The number of carbonyl (C=O) groups excluding carboxylic acids is 1. The maximum Gasteiger partial charge on any atom is 0.371 e. The number of carbonyl (C=O) groups is 2. The number of furan rings is 1. The fourth-order valence-corrected chi connectivity index (χ4v) is 1.40. The van der Waals surface area contributed by atoms with Crippen molar-refractivity contribution in [2.75, 3.05) is 0 Å². The van der Waals surface area contributed by atoms with Gasteiger partial charge in [-0.3, -0.25) is 4.79 Å². The summed E-state index contributed by atoms with van der Waals surface area (Å²) in [6.07, 6.45) is 1.18. The minimum absolute atomic E-state index is 0.00998. The van der Waals surface area contributed by atoms with Crippen molar-refractivity contribution in [2.24, 2.45) is 0 Å². The molecule has 0 aliphatic rings. The average Bonchev–Trinajstić information content (AvgIpc) is 2.85. The first kappa shape index (κ1) is 12.7. The van der Waals surface area contributed by atoms with Crippen LogP contribution in [-0.2, 0) is 6.54 Å². The van der Waals surface area contributed by atoms with Crippen molar-refractivity contribution in [3.8, 4) is 0 Å². The van der Waals surface area contributed by atoms with E-state index in [1.807, 2.05) is 0 Å². The molecule has 1 amide bonds. The first-order valence-corrected chi connectivity index (χ1v) is 5.28. The molecule has 0 aliphatic heterocycles. The van der Waals surface area contributed by atoms with Crippen LogP contribution >= 0.6 is 0 Å². The molecule has 0 bridgehead atoms. The molecule has 2 aromatic heterocycles. The third kappa shape index (κ3) is 3.15. The highest BCUT2D eigenvalue weighted by Crippen LogP contribution is 2.08. The smallest absolute Gasteiger partial charge is 0.371 e. The lowest BCUT2D eigenvalue weighted by Crippen LogP contribution is -2.22. The van der Waals surface area contributed by atoms with Gasteiger partial charge in [-0.05, 0) is 18.2 Å². The normalized spacial score (nSPS) is 10.2. The molecule has 98 valence electrons. The Morgan fingerprint density at radius 1 is 1.37 bits per heavy atom. The Kier molecular flexibility index (Phi) is 3.56. The van der Waals surface area contributed by atoms with Crippen LogP contribution in [0.25, 0.3) is 0 Å². The molecule has 0 fully saturated rings. The number of nitrogens with zero attached hydrogens (tertiary/aromatic N) is 1. The Bertz CT molecular complexity index is 624. The zero-order valence-corrected chi connectivity index (χ0v) is 9.59. The van der Waals surface area contributed by atoms with Crippen molar-refractivity contribution in [1.29, 1.82) is 0 Å². The monoisotopic (exact) mass is 264 g/mol. The van der Waals surface area contributed by atoms with Gasteiger partial charge in [0.05, 0.1) is 6.54 Å². The van der Waals surface area contributed by atoms with Crippen molar-refractivity contribution < 1.29 is 23.5 Å². The number of aromatic carboxylic acids is 1. The van der Waals surface area contributed by atoms with Gasteiger partial charge in [-0.25, -0.2) is 9.78 Å². The molecule has 0 aliphatic carbocycles. The van der Waals surface area contributed by atoms with Crippen LogP contribution in [0.3, 0.4) is 0 Å². The Morgan fingerprint density at radius 2 is 2.16 bits per heavy atom. The van der Waals surface area contributed by atoms with Crippen LogP contribution in [0.5, 0.6) is 0 Å². The van der Waals surface area contributed by atoms with Crippen molar-refractivity contribution >= 4 is 11.9 Å². The molecule has 7 heteroatoms. The lowest BCUT2D eigenvalue weighted by atomic mass is 10.2. The lowest BCUT2D eigenvalue weighted by molar-refractivity contribution is 0.0660. The van der Waals surface area contributed by atoms with Gasteiger partial charge in [0.1, 0.15) is 5.76 Å². The predicted molar refractivity (Wildman–Crippen MR) is 61.0 cm³/mol. The number of nitrogens with one attached hydrogen (secondary N) is 1. The molecule has 0 spiro atoms.